The number of hydrogen-bond donors (Lipinski definition) is 2. The van der Waals surface area contributed by atoms with Gasteiger partial charge in [0.1, 0.15) is 6.26 Å². The van der Waals surface area contributed by atoms with Crippen molar-refractivity contribution in [2.24, 2.45) is 5.92 Å². The molecule has 0 amide bonds. The third kappa shape index (κ3) is 38.5. The maximum absolute atomic E-state index is 8.36. The first-order valence-corrected chi connectivity index (χ1v) is 8.71. The molecule has 0 aliphatic heterocycles. The van der Waals surface area contributed by atoms with Crippen LogP contribution in [0.2, 0.25) is 0 Å². The molecule has 1 unspecified atom stereocenters. The Morgan fingerprint density at radius 1 is 1.17 bits per heavy atom. The molecule has 1 rings (SSSR count). The molecular formula is C18H40N2O3. The quantitative estimate of drug-likeness (QED) is 0.697. The van der Waals surface area contributed by atoms with Crippen molar-refractivity contribution < 1.29 is 14.4 Å². The van der Waals surface area contributed by atoms with Gasteiger partial charge in [-0.2, -0.15) is 0 Å². The Kier molecular flexibility index (Phi) is 41.9. The second kappa shape index (κ2) is 32.5. The van der Waals surface area contributed by atoms with Crippen LogP contribution in [0.1, 0.15) is 74.1 Å². The van der Waals surface area contributed by atoms with Crippen molar-refractivity contribution in [3.05, 3.63) is 18.5 Å². The lowest BCUT2D eigenvalue weighted by atomic mass is 10.0. The smallest absolute Gasteiger partial charge is 0.290 e. The first-order valence-electron chi connectivity index (χ1n) is 8.71. The molecule has 0 fully saturated rings. The Morgan fingerprint density at radius 3 is 1.91 bits per heavy atom. The molecule has 1 atom stereocenters. The van der Waals surface area contributed by atoms with Crippen LogP contribution in [-0.2, 0) is 4.79 Å². The molecular weight excluding hydrogens is 292 g/mol. The van der Waals surface area contributed by atoms with E-state index in [9.17, 15) is 0 Å². The van der Waals surface area contributed by atoms with E-state index in [2.05, 4.69) is 42.8 Å². The molecule has 0 bridgehead atoms. The summed E-state index contributed by atoms with van der Waals surface area (Å²) in [7, 11) is 2.07. The van der Waals surface area contributed by atoms with Crippen LogP contribution >= 0.6 is 0 Å². The topological polar surface area (TPSA) is 75.4 Å². The van der Waals surface area contributed by atoms with E-state index in [-0.39, 0.29) is 6.47 Å². The van der Waals surface area contributed by atoms with Gasteiger partial charge in [-0.25, -0.2) is 0 Å². The molecule has 0 aromatic carbocycles. The predicted octanol–water partition coefficient (Wildman–Crippen LogP) is 5.24. The Hall–Kier alpha value is -1.36. The summed E-state index contributed by atoms with van der Waals surface area (Å²) in [5.74, 6) is 0.850. The summed E-state index contributed by atoms with van der Waals surface area (Å²) in [5, 5.41) is 13.6. The number of nitrogens with one attached hydrogen (secondary N) is 1. The van der Waals surface area contributed by atoms with Gasteiger partial charge in [0.05, 0.1) is 6.20 Å². The third-order valence-electron chi connectivity index (χ3n) is 2.49. The minimum Gasteiger partial charge on any atom is -0.483 e. The van der Waals surface area contributed by atoms with E-state index in [1.807, 2.05) is 27.7 Å². The number of aromatic nitrogens is 1. The van der Waals surface area contributed by atoms with Crippen LogP contribution < -0.4 is 5.32 Å². The number of nitrogens with zero attached hydrogens (tertiary/aromatic N) is 1. The summed E-state index contributed by atoms with van der Waals surface area (Å²) in [6.07, 6.45) is 8.40. The molecule has 23 heavy (non-hydrogen) atoms. The molecule has 1 aromatic rings. The van der Waals surface area contributed by atoms with Gasteiger partial charge in [-0.3, -0.25) is 4.79 Å². The van der Waals surface area contributed by atoms with E-state index in [0.29, 0.717) is 0 Å². The monoisotopic (exact) mass is 332 g/mol. The maximum atomic E-state index is 8.36. The Labute approximate surface area is 143 Å². The first kappa shape index (κ1) is 29.6. The zero-order valence-electron chi connectivity index (χ0n) is 16.5. The fourth-order valence-electron chi connectivity index (χ4n) is 1.49. The van der Waals surface area contributed by atoms with Crippen LogP contribution in [0.25, 0.3) is 0 Å². The fraction of sp³-hybridized carbons (Fsp3) is 0.778. The Morgan fingerprint density at radius 2 is 1.70 bits per heavy atom. The van der Waals surface area contributed by atoms with Gasteiger partial charge in [-0.05, 0) is 38.3 Å². The summed E-state index contributed by atoms with van der Waals surface area (Å²) in [4.78, 5) is 8.36. The molecule has 140 valence electrons. The van der Waals surface area contributed by atoms with Gasteiger partial charge >= 0.3 is 0 Å². The van der Waals surface area contributed by atoms with E-state index in [4.69, 9.17) is 9.90 Å². The Bertz CT molecular complexity index is 236. The molecule has 0 radical (unpaired) electrons. The van der Waals surface area contributed by atoms with Gasteiger partial charge < -0.3 is 14.9 Å². The molecule has 0 aliphatic rings. The zero-order valence-corrected chi connectivity index (χ0v) is 16.5. The van der Waals surface area contributed by atoms with Crippen molar-refractivity contribution in [2.75, 3.05) is 7.05 Å². The van der Waals surface area contributed by atoms with Crippen molar-refractivity contribution in [1.82, 2.24) is 10.5 Å². The number of rotatable bonds is 6. The molecule has 2 N–H and O–H groups in total. The molecule has 0 spiro atoms. The van der Waals surface area contributed by atoms with Crippen molar-refractivity contribution in [3.8, 4) is 0 Å². The fourth-order valence-corrected chi connectivity index (χ4v) is 1.49. The van der Waals surface area contributed by atoms with Crippen LogP contribution in [-0.4, -0.2) is 29.8 Å². The average molecular weight is 333 g/mol. The lowest BCUT2D eigenvalue weighted by molar-refractivity contribution is -0.122. The summed E-state index contributed by atoms with van der Waals surface area (Å²) >= 11 is 0. The highest BCUT2D eigenvalue weighted by molar-refractivity contribution is 5.32. The molecule has 0 saturated carbocycles. The van der Waals surface area contributed by atoms with Gasteiger partial charge in [0.2, 0.25) is 0 Å². The molecule has 5 nitrogen and oxygen atoms in total. The van der Waals surface area contributed by atoms with Crippen LogP contribution in [0.4, 0.5) is 0 Å². The first-order chi connectivity index (χ1) is 11.1. The third-order valence-corrected chi connectivity index (χ3v) is 2.49. The summed E-state index contributed by atoms with van der Waals surface area (Å²) in [5.41, 5.74) is 0. The van der Waals surface area contributed by atoms with Crippen molar-refractivity contribution >= 4 is 6.47 Å². The van der Waals surface area contributed by atoms with Crippen LogP contribution in [0.5, 0.6) is 0 Å². The molecule has 5 heteroatoms. The van der Waals surface area contributed by atoms with E-state index >= 15 is 0 Å². The normalized spacial score (nSPS) is 9.43. The van der Waals surface area contributed by atoms with E-state index in [1.165, 1.54) is 31.9 Å². The van der Waals surface area contributed by atoms with Crippen molar-refractivity contribution in [2.45, 2.75) is 80.2 Å². The Balaban J connectivity index is -0.000000124. The minimum atomic E-state index is -0.250. The molecule has 0 saturated heterocycles. The second-order valence-corrected chi connectivity index (χ2v) is 4.54. The lowest BCUT2D eigenvalue weighted by Crippen LogP contribution is -2.25. The number of carbonyl (C=O) groups is 1. The molecule has 1 aromatic heterocycles. The highest BCUT2D eigenvalue weighted by Gasteiger charge is 2.04. The van der Waals surface area contributed by atoms with Crippen molar-refractivity contribution in [1.29, 1.82) is 0 Å². The van der Waals surface area contributed by atoms with Crippen LogP contribution in [0.3, 0.4) is 0 Å². The maximum Gasteiger partial charge on any atom is 0.290 e. The highest BCUT2D eigenvalue weighted by Crippen LogP contribution is 2.09. The summed E-state index contributed by atoms with van der Waals surface area (Å²) in [6, 6.07) is 2.47. The largest absolute Gasteiger partial charge is 0.483 e. The van der Waals surface area contributed by atoms with Gasteiger partial charge in [0.15, 0.2) is 0 Å². The van der Waals surface area contributed by atoms with Gasteiger partial charge in [-0.1, -0.05) is 60.0 Å². The zero-order chi connectivity index (χ0) is 18.9. The summed E-state index contributed by atoms with van der Waals surface area (Å²) in [6.45, 7) is 14.6. The van der Waals surface area contributed by atoms with E-state index < -0.39 is 0 Å². The van der Waals surface area contributed by atoms with Crippen molar-refractivity contribution in [3.63, 3.8) is 0 Å². The van der Waals surface area contributed by atoms with Gasteiger partial charge in [0.25, 0.3) is 6.47 Å². The van der Waals surface area contributed by atoms with Gasteiger partial charge in [0, 0.05) is 6.04 Å². The SMILES string of the molecule is CC.CC.CCCC(CCC(C)C)NC.O=CO.c1cnoc1. The molecule has 0 aliphatic carbocycles. The minimum absolute atomic E-state index is 0.250. The van der Waals surface area contributed by atoms with Gasteiger partial charge in [-0.15, -0.1) is 0 Å². The highest BCUT2D eigenvalue weighted by atomic mass is 16.5. The van der Waals surface area contributed by atoms with Crippen LogP contribution in [0.15, 0.2) is 23.0 Å². The number of hydrogen-bond acceptors (Lipinski definition) is 4. The van der Waals surface area contributed by atoms with Crippen LogP contribution in [0, 0.1) is 5.92 Å². The predicted molar refractivity (Wildman–Crippen MR) is 99.7 cm³/mol. The van der Waals surface area contributed by atoms with E-state index in [1.54, 1.807) is 12.3 Å². The van der Waals surface area contributed by atoms with E-state index in [0.717, 1.165) is 12.0 Å². The second-order valence-electron chi connectivity index (χ2n) is 4.54. The molecule has 1 heterocycles. The lowest BCUT2D eigenvalue weighted by Gasteiger charge is -2.15. The average Bonchev–Trinajstić information content (AvgIpc) is 3.15. The number of carboxylic acid groups (broad SMARTS) is 1. The standard InChI is InChI=1S/C10H23N.C3H3NO.2C2H6.CH2O2/c1-5-6-10(11-4)8-7-9(2)3;1-2-4-5-3-1;2*1-2;2-1-3/h9-11H,5-8H2,1-4H3;1-3H;2*1-2H3;1H,(H,2,3). The summed E-state index contributed by atoms with van der Waals surface area (Å²) < 4.78 is 4.33.